The van der Waals surface area contributed by atoms with Crippen LogP contribution in [0.1, 0.15) is 39.9 Å². The van der Waals surface area contributed by atoms with Crippen molar-refractivity contribution < 1.29 is 13.6 Å². The van der Waals surface area contributed by atoms with Gasteiger partial charge >= 0.3 is 0 Å². The van der Waals surface area contributed by atoms with E-state index in [1.807, 2.05) is 0 Å². The molecule has 6 heteroatoms. The summed E-state index contributed by atoms with van der Waals surface area (Å²) < 4.78 is 19.7. The molecule has 116 valence electrons. The molecule has 0 spiro atoms. The summed E-state index contributed by atoms with van der Waals surface area (Å²) in [7, 11) is 0. The minimum absolute atomic E-state index is 0.180. The minimum atomic E-state index is -0.281. The Labute approximate surface area is 140 Å². The van der Waals surface area contributed by atoms with Crippen LogP contribution in [0.15, 0.2) is 32.0 Å². The fourth-order valence-electron chi connectivity index (χ4n) is 2.66. The van der Waals surface area contributed by atoms with E-state index in [-0.39, 0.29) is 17.8 Å². The lowest BCUT2D eigenvalue weighted by molar-refractivity contribution is 0.0932. The third kappa shape index (κ3) is 2.82. The monoisotopic (exact) mass is 383 g/mol. The first-order valence-corrected chi connectivity index (χ1v) is 8.74. The molecule has 0 radical (unpaired) electrons. The van der Waals surface area contributed by atoms with Gasteiger partial charge in [0.05, 0.1) is 16.1 Å². The van der Waals surface area contributed by atoms with E-state index in [9.17, 15) is 9.18 Å². The Morgan fingerprint density at radius 1 is 1.41 bits per heavy atom. The molecule has 2 aromatic rings. The van der Waals surface area contributed by atoms with E-state index in [0.717, 1.165) is 22.6 Å². The molecule has 0 bridgehead atoms. The molecular weight excluding hydrogens is 369 g/mol. The first-order valence-electron chi connectivity index (χ1n) is 6.96. The summed E-state index contributed by atoms with van der Waals surface area (Å²) in [4.78, 5) is 13.6. The van der Waals surface area contributed by atoms with E-state index in [4.69, 9.17) is 4.42 Å². The van der Waals surface area contributed by atoms with Gasteiger partial charge in [-0.05, 0) is 60.0 Å². The molecule has 22 heavy (non-hydrogen) atoms. The summed E-state index contributed by atoms with van der Waals surface area (Å²) in [6.45, 7) is 3.56. The molecular formula is C16H15BrFNO2S. The molecule has 1 aliphatic heterocycles. The number of fused-ring (bicyclic) bond motifs is 1. The molecule has 1 unspecified atom stereocenters. The van der Waals surface area contributed by atoms with Gasteiger partial charge in [-0.1, -0.05) is 0 Å². The molecule has 2 heterocycles. The quantitative estimate of drug-likeness (QED) is 0.812. The predicted molar refractivity (Wildman–Crippen MR) is 87.8 cm³/mol. The zero-order chi connectivity index (χ0) is 15.9. The van der Waals surface area contributed by atoms with Crippen molar-refractivity contribution in [2.24, 2.45) is 0 Å². The summed E-state index contributed by atoms with van der Waals surface area (Å²) in [5.74, 6) is 1.67. The van der Waals surface area contributed by atoms with Crippen LogP contribution >= 0.6 is 27.7 Å². The standard InChI is InChI=1S/C16H15BrFNO2S/c1-8-14(15(17)9(2)21-8)16(20)19-12-5-6-22-13-4-3-10(18)7-11(12)13/h3-4,7,12H,5-6H2,1-2H3,(H,19,20). The molecule has 0 aliphatic carbocycles. The average molecular weight is 384 g/mol. The Morgan fingerprint density at radius 3 is 2.86 bits per heavy atom. The highest BCUT2D eigenvalue weighted by Gasteiger charge is 2.26. The van der Waals surface area contributed by atoms with Gasteiger partial charge in [0, 0.05) is 10.6 Å². The Hall–Kier alpha value is -1.27. The molecule has 0 saturated carbocycles. The number of amides is 1. The molecule has 1 aromatic carbocycles. The number of aryl methyl sites for hydroxylation is 2. The Balaban J connectivity index is 1.88. The normalized spacial score (nSPS) is 17.2. The number of furan rings is 1. The van der Waals surface area contributed by atoms with Crippen molar-refractivity contribution in [2.75, 3.05) is 5.75 Å². The molecule has 1 aromatic heterocycles. The van der Waals surface area contributed by atoms with Crippen molar-refractivity contribution >= 4 is 33.6 Å². The number of hydrogen-bond acceptors (Lipinski definition) is 3. The van der Waals surface area contributed by atoms with E-state index in [0.29, 0.717) is 21.6 Å². The smallest absolute Gasteiger partial charge is 0.256 e. The second-order valence-corrected chi connectivity index (χ2v) is 7.18. The van der Waals surface area contributed by atoms with E-state index >= 15 is 0 Å². The van der Waals surface area contributed by atoms with Gasteiger partial charge in [-0.15, -0.1) is 11.8 Å². The lowest BCUT2D eigenvalue weighted by atomic mass is 10.0. The zero-order valence-electron chi connectivity index (χ0n) is 12.2. The van der Waals surface area contributed by atoms with Crippen molar-refractivity contribution in [1.29, 1.82) is 0 Å². The topological polar surface area (TPSA) is 42.2 Å². The Morgan fingerprint density at radius 2 is 2.18 bits per heavy atom. The van der Waals surface area contributed by atoms with Crippen molar-refractivity contribution in [1.82, 2.24) is 5.32 Å². The van der Waals surface area contributed by atoms with Crippen LogP contribution in [-0.4, -0.2) is 11.7 Å². The van der Waals surface area contributed by atoms with Crippen LogP contribution in [0, 0.1) is 19.7 Å². The van der Waals surface area contributed by atoms with E-state index in [1.165, 1.54) is 12.1 Å². The average Bonchev–Trinajstić information content (AvgIpc) is 2.72. The third-order valence-electron chi connectivity index (χ3n) is 3.73. The van der Waals surface area contributed by atoms with E-state index in [2.05, 4.69) is 21.2 Å². The highest BCUT2D eigenvalue weighted by Crippen LogP contribution is 2.37. The molecule has 0 fully saturated rings. The highest BCUT2D eigenvalue weighted by molar-refractivity contribution is 9.10. The third-order valence-corrected chi connectivity index (χ3v) is 5.81. The number of carbonyl (C=O) groups is 1. The molecule has 1 amide bonds. The van der Waals surface area contributed by atoms with Gasteiger partial charge < -0.3 is 9.73 Å². The number of hydrogen-bond donors (Lipinski definition) is 1. The van der Waals surface area contributed by atoms with Crippen LogP contribution in [0.5, 0.6) is 0 Å². The molecule has 3 rings (SSSR count). The molecule has 1 atom stereocenters. The largest absolute Gasteiger partial charge is 0.465 e. The van der Waals surface area contributed by atoms with Crippen molar-refractivity contribution in [3.8, 4) is 0 Å². The zero-order valence-corrected chi connectivity index (χ0v) is 14.6. The Kier molecular flexibility index (Phi) is 4.32. The Bertz CT molecular complexity index is 744. The summed E-state index contributed by atoms with van der Waals surface area (Å²) in [5, 5.41) is 3.00. The summed E-state index contributed by atoms with van der Waals surface area (Å²) >= 11 is 5.08. The molecule has 0 saturated heterocycles. The van der Waals surface area contributed by atoms with Crippen LogP contribution in [0.3, 0.4) is 0 Å². The van der Waals surface area contributed by atoms with Crippen LogP contribution < -0.4 is 5.32 Å². The number of benzene rings is 1. The number of carbonyl (C=O) groups excluding carboxylic acids is 1. The second-order valence-electron chi connectivity index (χ2n) is 5.25. The second kappa shape index (κ2) is 6.08. The van der Waals surface area contributed by atoms with Crippen molar-refractivity contribution in [2.45, 2.75) is 31.2 Å². The minimum Gasteiger partial charge on any atom is -0.465 e. The van der Waals surface area contributed by atoms with Gasteiger partial charge in [0.25, 0.3) is 5.91 Å². The summed E-state index contributed by atoms with van der Waals surface area (Å²) in [6, 6.07) is 4.56. The van der Waals surface area contributed by atoms with Crippen LogP contribution in [0.2, 0.25) is 0 Å². The number of halogens is 2. The maximum Gasteiger partial charge on any atom is 0.256 e. The lowest BCUT2D eigenvalue weighted by Gasteiger charge is -2.26. The van der Waals surface area contributed by atoms with Gasteiger partial charge in [-0.2, -0.15) is 0 Å². The first kappa shape index (κ1) is 15.6. The van der Waals surface area contributed by atoms with E-state index in [1.54, 1.807) is 31.7 Å². The number of rotatable bonds is 2. The fraction of sp³-hybridized carbons (Fsp3) is 0.312. The van der Waals surface area contributed by atoms with Gasteiger partial charge in [0.1, 0.15) is 17.3 Å². The molecule has 1 N–H and O–H groups in total. The lowest BCUT2D eigenvalue weighted by Crippen LogP contribution is -2.31. The maximum atomic E-state index is 13.5. The van der Waals surface area contributed by atoms with Gasteiger partial charge in [0.2, 0.25) is 0 Å². The highest BCUT2D eigenvalue weighted by atomic mass is 79.9. The predicted octanol–water partition coefficient (Wildman–Crippen LogP) is 4.76. The van der Waals surface area contributed by atoms with Crippen LogP contribution in [-0.2, 0) is 0 Å². The summed E-state index contributed by atoms with van der Waals surface area (Å²) in [6.07, 6.45) is 0.778. The van der Waals surface area contributed by atoms with Crippen molar-refractivity contribution in [3.63, 3.8) is 0 Å². The van der Waals surface area contributed by atoms with Crippen molar-refractivity contribution in [3.05, 3.63) is 51.1 Å². The number of nitrogens with one attached hydrogen (secondary N) is 1. The molecule has 3 nitrogen and oxygen atoms in total. The summed E-state index contributed by atoms with van der Waals surface area (Å²) in [5.41, 5.74) is 1.35. The SMILES string of the molecule is Cc1oc(C)c(C(=O)NC2CCSc3ccc(F)cc32)c1Br. The van der Waals surface area contributed by atoms with E-state index < -0.39 is 0 Å². The van der Waals surface area contributed by atoms with Crippen LogP contribution in [0.4, 0.5) is 4.39 Å². The van der Waals surface area contributed by atoms with Gasteiger partial charge in [-0.25, -0.2) is 4.39 Å². The molecule has 1 aliphatic rings. The first-order chi connectivity index (χ1) is 10.5. The van der Waals surface area contributed by atoms with Gasteiger partial charge in [-0.3, -0.25) is 4.79 Å². The van der Waals surface area contributed by atoms with Gasteiger partial charge in [0.15, 0.2) is 0 Å². The number of thioether (sulfide) groups is 1. The maximum absolute atomic E-state index is 13.5. The van der Waals surface area contributed by atoms with Crippen LogP contribution in [0.25, 0.3) is 0 Å². The fourth-order valence-corrected chi connectivity index (χ4v) is 4.31.